The molecule has 294 valence electrons. The number of benzene rings is 3. The third-order valence-electron chi connectivity index (χ3n) is 5.47. The van der Waals surface area contributed by atoms with Gasteiger partial charge in [0.25, 0.3) is 0 Å². The lowest BCUT2D eigenvalue weighted by Gasteiger charge is -2.11. The van der Waals surface area contributed by atoms with Gasteiger partial charge in [-0.2, -0.15) is 0 Å². The number of hydrogen-bond donors (Lipinski definition) is 2. The molecule has 0 bridgehead atoms. The first-order chi connectivity index (χ1) is 25.1. The summed E-state index contributed by atoms with van der Waals surface area (Å²) in [6.45, 7) is 1.55. The molecule has 0 unspecified atom stereocenters. The minimum Gasteiger partial charge on any atom is -0.505 e. The number of aliphatic hydroxyl groups excluding tert-OH is 1. The van der Waals surface area contributed by atoms with Crippen LogP contribution in [0.1, 0.15) is 12.8 Å². The van der Waals surface area contributed by atoms with E-state index in [0.717, 1.165) is 11.8 Å². The number of aromatic hydroxyl groups is 1. The van der Waals surface area contributed by atoms with Crippen molar-refractivity contribution in [1.29, 1.82) is 0 Å². The molecule has 0 radical (unpaired) electrons. The maximum atomic E-state index is 9.27. The van der Waals surface area contributed by atoms with Gasteiger partial charge < -0.3 is 33.9 Å². The van der Waals surface area contributed by atoms with E-state index in [4.69, 9.17) is 168 Å². The van der Waals surface area contributed by atoms with Crippen molar-refractivity contribution in [2.45, 2.75) is 12.8 Å². The Hall–Kier alpha value is -0.400. The molecule has 3 rings (SSSR count). The fraction of sp³-hybridized carbons (Fsp3) is 0.273. The van der Waals surface area contributed by atoms with E-state index < -0.39 is 0 Å². The quantitative estimate of drug-likeness (QED) is 0.103. The maximum absolute atomic E-state index is 9.27. The van der Waals surface area contributed by atoms with Gasteiger partial charge in [-0.3, -0.25) is 0 Å². The van der Waals surface area contributed by atoms with E-state index in [9.17, 15) is 5.11 Å². The van der Waals surface area contributed by atoms with Crippen LogP contribution in [0.2, 0.25) is 30.1 Å². The number of hydrogen-bond acceptors (Lipinski definition) is 7. The first kappa shape index (κ1) is 50.6. The standard InChI is InChI=1S/C12H11BrCl4O2.C12H12Cl4O3.C9H6Cl4O2/c13-3-1-4-19-12-9(14)6-8(7-10(12)15)18-5-2-11(16)17;13-9-6-8(18-5-2-11(15)16)7-10(14)12(9)19-4-1-3-17;10-6-3-5(4-7(11)9(6)14)15-2-1-8(12)13/h2,6-7H,1,3-5H2;2,6-7,17H,1,3-5H2;1,3-4,14H,2H2. The van der Waals surface area contributed by atoms with Gasteiger partial charge in [-0.05, 0) is 24.6 Å². The first-order valence-corrected chi connectivity index (χ1v) is 20.3. The Kier molecular flexibility index (Phi) is 27.6. The maximum Gasteiger partial charge on any atom is 0.156 e. The van der Waals surface area contributed by atoms with Crippen LogP contribution in [-0.2, 0) is 0 Å². The number of phenolic OH excluding ortho intramolecular Hbond substituents is 1. The highest BCUT2D eigenvalue weighted by Gasteiger charge is 2.12. The molecule has 0 aliphatic heterocycles. The molecule has 0 heterocycles. The molecule has 0 aromatic heterocycles. The zero-order valence-corrected chi connectivity index (χ0v) is 37.6. The molecule has 0 aliphatic rings. The zero-order chi connectivity index (χ0) is 39.9. The second-order valence-electron chi connectivity index (χ2n) is 9.40. The van der Waals surface area contributed by atoms with Gasteiger partial charge in [-0.15, -0.1) is 0 Å². The highest BCUT2D eigenvalue weighted by Crippen LogP contribution is 2.39. The molecule has 0 aliphatic carbocycles. The summed E-state index contributed by atoms with van der Waals surface area (Å²) in [5, 5.41) is 20.5. The van der Waals surface area contributed by atoms with E-state index in [0.29, 0.717) is 68.5 Å². The van der Waals surface area contributed by atoms with Gasteiger partial charge in [0.2, 0.25) is 0 Å². The largest absolute Gasteiger partial charge is 0.505 e. The van der Waals surface area contributed by atoms with Gasteiger partial charge in [-0.25, -0.2) is 0 Å². The fourth-order valence-corrected chi connectivity index (χ4v) is 5.44. The first-order valence-electron chi connectivity index (χ1n) is 14.6. The SMILES string of the molecule is ClC(Cl)=CCOc1cc(Cl)c(OCCCBr)c(Cl)c1.OCCCOc1c(Cl)cc(OCC=C(Cl)Cl)cc1Cl.Oc1c(Cl)cc(OCC=C(Cl)Cl)cc1Cl. The monoisotopic (exact) mass is 1040 g/mol. The van der Waals surface area contributed by atoms with Gasteiger partial charge in [-0.1, -0.05) is 155 Å². The molecular weight excluding hydrogens is 1010 g/mol. The predicted molar refractivity (Wildman–Crippen MR) is 228 cm³/mol. The van der Waals surface area contributed by atoms with Crippen LogP contribution in [0.4, 0.5) is 0 Å². The Morgan fingerprint density at radius 3 is 1.09 bits per heavy atom. The second-order valence-corrected chi connectivity index (χ2v) is 15.7. The van der Waals surface area contributed by atoms with E-state index >= 15 is 0 Å². The van der Waals surface area contributed by atoms with Crippen LogP contribution in [-0.4, -0.2) is 55.2 Å². The van der Waals surface area contributed by atoms with Gasteiger partial charge in [0.15, 0.2) is 17.2 Å². The molecule has 0 atom stereocenters. The number of ether oxygens (including phenoxy) is 5. The highest BCUT2D eigenvalue weighted by atomic mass is 79.9. The summed E-state index contributed by atoms with van der Waals surface area (Å²) in [5.41, 5.74) is 0. The molecule has 3 aromatic rings. The summed E-state index contributed by atoms with van der Waals surface area (Å²) in [5.74, 6) is 2.09. The van der Waals surface area contributed by atoms with Crippen molar-refractivity contribution in [3.05, 3.63) is 98.2 Å². The van der Waals surface area contributed by atoms with Crippen LogP contribution >= 0.6 is 155 Å². The second kappa shape index (κ2) is 28.9. The van der Waals surface area contributed by atoms with Crippen molar-refractivity contribution >= 4 is 155 Å². The van der Waals surface area contributed by atoms with Crippen molar-refractivity contribution in [3.63, 3.8) is 0 Å². The van der Waals surface area contributed by atoms with Crippen molar-refractivity contribution in [1.82, 2.24) is 0 Å². The van der Waals surface area contributed by atoms with E-state index in [1.54, 1.807) is 24.3 Å². The Labute approximate surface area is 376 Å². The summed E-state index contributed by atoms with van der Waals surface area (Å²) in [7, 11) is 0. The number of phenols is 1. The molecule has 0 fully saturated rings. The highest BCUT2D eigenvalue weighted by molar-refractivity contribution is 9.09. The number of halogens is 13. The summed E-state index contributed by atoms with van der Waals surface area (Å²) >= 11 is 71.6. The van der Waals surface area contributed by atoms with Crippen LogP contribution in [0.25, 0.3) is 0 Å². The Morgan fingerprint density at radius 2 is 0.811 bits per heavy atom. The van der Waals surface area contributed by atoms with Gasteiger partial charge in [0.1, 0.15) is 50.5 Å². The topological polar surface area (TPSA) is 86.6 Å². The number of alkyl halides is 1. The molecule has 2 N–H and O–H groups in total. The number of rotatable bonds is 17. The van der Waals surface area contributed by atoms with E-state index in [1.165, 1.54) is 30.4 Å². The average molecular weight is 1040 g/mol. The molecular formula is C33H29BrCl12O7. The van der Waals surface area contributed by atoms with Crippen LogP contribution in [0.15, 0.2) is 68.1 Å². The van der Waals surface area contributed by atoms with Crippen LogP contribution in [0.5, 0.6) is 34.5 Å². The lowest BCUT2D eigenvalue weighted by Crippen LogP contribution is -2.01. The molecule has 20 heteroatoms. The van der Waals surface area contributed by atoms with Crippen LogP contribution in [0.3, 0.4) is 0 Å². The minimum atomic E-state index is -0.170. The van der Waals surface area contributed by atoms with Crippen molar-refractivity contribution in [2.75, 3.05) is 45.0 Å². The van der Waals surface area contributed by atoms with Gasteiger partial charge >= 0.3 is 0 Å². The lowest BCUT2D eigenvalue weighted by molar-refractivity contribution is 0.233. The molecule has 3 aromatic carbocycles. The third-order valence-corrected chi connectivity index (χ3v) is 8.66. The Bertz CT molecular complexity index is 1510. The molecule has 0 spiro atoms. The smallest absolute Gasteiger partial charge is 0.156 e. The van der Waals surface area contributed by atoms with Gasteiger partial charge in [0, 0.05) is 54.8 Å². The molecule has 0 amide bonds. The number of aliphatic hydroxyl groups is 1. The summed E-state index contributed by atoms with van der Waals surface area (Å²) in [6, 6.07) is 9.31. The molecule has 0 saturated carbocycles. The van der Waals surface area contributed by atoms with E-state index in [2.05, 4.69) is 15.9 Å². The third kappa shape index (κ3) is 22.2. The average Bonchev–Trinajstić information content (AvgIpc) is 3.06. The van der Waals surface area contributed by atoms with Crippen LogP contribution in [0, 0.1) is 0 Å². The summed E-state index contributed by atoms with van der Waals surface area (Å²) in [4.78, 5) is 0. The predicted octanol–water partition coefficient (Wildman–Crippen LogP) is 14.7. The van der Waals surface area contributed by atoms with Crippen LogP contribution < -0.4 is 23.7 Å². The molecule has 53 heavy (non-hydrogen) atoms. The normalized spacial score (nSPS) is 10.1. The molecule has 7 nitrogen and oxygen atoms in total. The van der Waals surface area contributed by atoms with E-state index in [1.807, 2.05) is 0 Å². The summed E-state index contributed by atoms with van der Waals surface area (Å²) in [6.07, 6.45) is 5.85. The Morgan fingerprint density at radius 1 is 0.509 bits per heavy atom. The van der Waals surface area contributed by atoms with Crippen molar-refractivity contribution < 1.29 is 33.9 Å². The fourth-order valence-electron chi connectivity index (χ4n) is 3.21. The summed E-state index contributed by atoms with van der Waals surface area (Å²) < 4.78 is 27.2. The van der Waals surface area contributed by atoms with Crippen molar-refractivity contribution in [3.8, 4) is 34.5 Å². The Balaban J connectivity index is 0.000000401. The minimum absolute atomic E-state index is 0.0436. The van der Waals surface area contributed by atoms with Gasteiger partial charge in [0.05, 0.1) is 43.3 Å². The lowest BCUT2D eigenvalue weighted by atomic mass is 10.3. The zero-order valence-electron chi connectivity index (χ0n) is 26.9. The van der Waals surface area contributed by atoms with E-state index in [-0.39, 0.29) is 55.7 Å². The van der Waals surface area contributed by atoms with Crippen molar-refractivity contribution in [2.24, 2.45) is 0 Å². The molecule has 0 saturated heterocycles.